The third kappa shape index (κ3) is 4.44. The first kappa shape index (κ1) is 17.3. The molecule has 1 aromatic rings. The fourth-order valence-corrected chi connectivity index (χ4v) is 2.91. The summed E-state index contributed by atoms with van der Waals surface area (Å²) in [4.78, 5) is 11.6. The highest BCUT2D eigenvalue weighted by Gasteiger charge is 2.41. The van der Waals surface area contributed by atoms with Crippen LogP contribution in [0.1, 0.15) is 45.1 Å². The maximum absolute atomic E-state index is 11.6. The van der Waals surface area contributed by atoms with Gasteiger partial charge in [-0.15, -0.1) is 6.58 Å². The van der Waals surface area contributed by atoms with Gasteiger partial charge in [-0.05, 0) is 38.2 Å². The number of hydrogen-bond acceptors (Lipinski definition) is 3. The van der Waals surface area contributed by atoms with Crippen LogP contribution in [-0.2, 0) is 14.3 Å². The van der Waals surface area contributed by atoms with Crippen molar-refractivity contribution in [3.8, 4) is 0 Å². The van der Waals surface area contributed by atoms with Gasteiger partial charge in [-0.2, -0.15) is 0 Å². The third-order valence-corrected chi connectivity index (χ3v) is 4.06. The van der Waals surface area contributed by atoms with Crippen LogP contribution in [0.25, 0.3) is 5.57 Å². The lowest BCUT2D eigenvalue weighted by atomic mass is 9.97. The van der Waals surface area contributed by atoms with Crippen molar-refractivity contribution in [1.82, 2.24) is 0 Å². The molecule has 0 saturated heterocycles. The summed E-state index contributed by atoms with van der Waals surface area (Å²) in [6.45, 7) is 7.52. The molecule has 0 aromatic heterocycles. The summed E-state index contributed by atoms with van der Waals surface area (Å²) >= 11 is 0. The van der Waals surface area contributed by atoms with E-state index in [9.17, 15) is 4.79 Å². The SMILES string of the molecule is C=CCOC1(C(=C=C(C)c2ccccc2)OC(C)=O)CCCC1. The molecule has 0 spiro atoms. The van der Waals surface area contributed by atoms with E-state index in [0.29, 0.717) is 12.4 Å². The predicted octanol–water partition coefficient (Wildman–Crippen LogP) is 4.65. The Bertz CT molecular complexity index is 616. The molecule has 2 rings (SSSR count). The first-order chi connectivity index (χ1) is 11.1. The van der Waals surface area contributed by atoms with Crippen LogP contribution in [0, 0.1) is 0 Å². The van der Waals surface area contributed by atoms with Gasteiger partial charge in [0.15, 0.2) is 5.76 Å². The molecule has 1 saturated carbocycles. The average molecular weight is 312 g/mol. The van der Waals surface area contributed by atoms with E-state index in [1.807, 2.05) is 37.3 Å². The van der Waals surface area contributed by atoms with Crippen molar-refractivity contribution >= 4 is 11.5 Å². The standard InChI is InChI=1S/C20H24O3/c1-4-14-22-20(12-8-9-13-20)19(23-17(3)21)15-16(2)18-10-6-5-7-11-18/h4-7,10-11H,1,8-9,12-14H2,2-3H3. The first-order valence-corrected chi connectivity index (χ1v) is 8.04. The van der Waals surface area contributed by atoms with Gasteiger partial charge in [-0.1, -0.05) is 42.1 Å². The Hall–Kier alpha value is -2.09. The Morgan fingerprint density at radius 2 is 1.91 bits per heavy atom. The van der Waals surface area contributed by atoms with Crippen LogP contribution in [0.5, 0.6) is 0 Å². The Labute approximate surface area is 138 Å². The maximum atomic E-state index is 11.6. The summed E-state index contributed by atoms with van der Waals surface area (Å²) < 4.78 is 11.5. The quantitative estimate of drug-likeness (QED) is 0.332. The molecule has 1 aliphatic carbocycles. The lowest BCUT2D eigenvalue weighted by Crippen LogP contribution is -2.33. The van der Waals surface area contributed by atoms with Crippen molar-refractivity contribution in [3.63, 3.8) is 0 Å². The van der Waals surface area contributed by atoms with E-state index in [-0.39, 0.29) is 5.97 Å². The van der Waals surface area contributed by atoms with Crippen LogP contribution in [0.2, 0.25) is 0 Å². The summed E-state index contributed by atoms with van der Waals surface area (Å²) in [5.74, 6) is 0.146. The zero-order valence-electron chi connectivity index (χ0n) is 13.9. The normalized spacial score (nSPS) is 15.6. The summed E-state index contributed by atoms with van der Waals surface area (Å²) in [5, 5.41) is 0. The highest BCUT2D eigenvalue weighted by Crippen LogP contribution is 2.40. The van der Waals surface area contributed by atoms with Crippen molar-refractivity contribution < 1.29 is 14.3 Å². The lowest BCUT2D eigenvalue weighted by molar-refractivity contribution is -0.142. The van der Waals surface area contributed by atoms with Gasteiger partial charge in [0, 0.05) is 12.5 Å². The Morgan fingerprint density at radius 3 is 2.48 bits per heavy atom. The highest BCUT2D eigenvalue weighted by molar-refractivity contribution is 5.69. The second-order valence-electron chi connectivity index (χ2n) is 5.84. The number of hydrogen-bond donors (Lipinski definition) is 0. The van der Waals surface area contributed by atoms with Gasteiger partial charge in [0.25, 0.3) is 0 Å². The van der Waals surface area contributed by atoms with Gasteiger partial charge in [0.05, 0.1) is 6.61 Å². The van der Waals surface area contributed by atoms with Crippen molar-refractivity contribution in [2.75, 3.05) is 6.61 Å². The molecule has 1 aromatic carbocycles. The molecule has 0 N–H and O–H groups in total. The minimum absolute atomic E-state index is 0.346. The smallest absolute Gasteiger partial charge is 0.308 e. The molecule has 0 unspecified atom stereocenters. The number of benzene rings is 1. The topological polar surface area (TPSA) is 35.5 Å². The predicted molar refractivity (Wildman–Crippen MR) is 91.7 cm³/mol. The van der Waals surface area contributed by atoms with E-state index in [2.05, 4.69) is 12.3 Å². The molecule has 3 heteroatoms. The van der Waals surface area contributed by atoms with Gasteiger partial charge in [-0.25, -0.2) is 0 Å². The molecule has 0 heterocycles. The second kappa shape index (κ2) is 7.96. The van der Waals surface area contributed by atoms with E-state index in [1.54, 1.807) is 6.08 Å². The van der Waals surface area contributed by atoms with Crippen molar-refractivity contribution in [2.24, 2.45) is 0 Å². The average Bonchev–Trinajstić information content (AvgIpc) is 3.03. The molecule has 0 radical (unpaired) electrons. The van der Waals surface area contributed by atoms with E-state index >= 15 is 0 Å². The Balaban J connectivity index is 2.48. The van der Waals surface area contributed by atoms with Crippen LogP contribution < -0.4 is 0 Å². The zero-order chi connectivity index (χ0) is 16.7. The molecule has 122 valence electrons. The molecule has 3 nitrogen and oxygen atoms in total. The third-order valence-electron chi connectivity index (χ3n) is 4.06. The number of carbonyl (C=O) groups excluding carboxylic acids is 1. The fourth-order valence-electron chi connectivity index (χ4n) is 2.91. The monoisotopic (exact) mass is 312 g/mol. The molecule has 23 heavy (non-hydrogen) atoms. The summed E-state index contributed by atoms with van der Waals surface area (Å²) in [7, 11) is 0. The fraction of sp³-hybridized carbons (Fsp3) is 0.400. The largest absolute Gasteiger partial charge is 0.419 e. The number of rotatable bonds is 6. The summed E-state index contributed by atoms with van der Waals surface area (Å²) in [6, 6.07) is 9.95. The van der Waals surface area contributed by atoms with E-state index in [1.165, 1.54) is 6.92 Å². The molecule has 0 atom stereocenters. The van der Waals surface area contributed by atoms with Crippen LogP contribution in [0.3, 0.4) is 0 Å². The molecule has 0 amide bonds. The van der Waals surface area contributed by atoms with Gasteiger partial charge in [0.2, 0.25) is 0 Å². The summed E-state index contributed by atoms with van der Waals surface area (Å²) in [6.07, 6.45) is 5.48. The maximum Gasteiger partial charge on any atom is 0.308 e. The van der Waals surface area contributed by atoms with Crippen molar-refractivity contribution in [3.05, 3.63) is 60.0 Å². The minimum atomic E-state index is -0.574. The Morgan fingerprint density at radius 1 is 1.26 bits per heavy atom. The van der Waals surface area contributed by atoms with Gasteiger partial charge < -0.3 is 9.47 Å². The van der Waals surface area contributed by atoms with Crippen LogP contribution in [0.15, 0.2) is 54.5 Å². The van der Waals surface area contributed by atoms with Crippen LogP contribution in [-0.4, -0.2) is 18.2 Å². The molecule has 1 aliphatic rings. The van der Waals surface area contributed by atoms with Gasteiger partial charge >= 0.3 is 5.97 Å². The lowest BCUT2D eigenvalue weighted by Gasteiger charge is -2.29. The van der Waals surface area contributed by atoms with E-state index < -0.39 is 5.60 Å². The molecule has 0 bridgehead atoms. The number of esters is 1. The molecule has 1 fully saturated rings. The number of carbonyl (C=O) groups is 1. The van der Waals surface area contributed by atoms with Crippen LogP contribution in [0.4, 0.5) is 0 Å². The van der Waals surface area contributed by atoms with E-state index in [4.69, 9.17) is 9.47 Å². The highest BCUT2D eigenvalue weighted by atomic mass is 16.6. The molecule has 0 aliphatic heterocycles. The Kier molecular flexibility index (Phi) is 5.97. The number of ether oxygens (including phenoxy) is 2. The first-order valence-electron chi connectivity index (χ1n) is 8.04. The molecular formula is C20H24O3. The van der Waals surface area contributed by atoms with Gasteiger partial charge in [-0.3, -0.25) is 4.79 Å². The summed E-state index contributed by atoms with van der Waals surface area (Å²) in [5.41, 5.74) is 4.69. The molecular weight excluding hydrogens is 288 g/mol. The van der Waals surface area contributed by atoms with E-state index in [0.717, 1.165) is 36.8 Å². The van der Waals surface area contributed by atoms with Gasteiger partial charge in [0.1, 0.15) is 5.60 Å². The second-order valence-corrected chi connectivity index (χ2v) is 5.84. The zero-order valence-corrected chi connectivity index (χ0v) is 13.9. The van der Waals surface area contributed by atoms with Crippen molar-refractivity contribution in [2.45, 2.75) is 45.1 Å². The minimum Gasteiger partial charge on any atom is -0.419 e. The van der Waals surface area contributed by atoms with Crippen LogP contribution >= 0.6 is 0 Å². The van der Waals surface area contributed by atoms with Crippen molar-refractivity contribution in [1.29, 1.82) is 0 Å².